The summed E-state index contributed by atoms with van der Waals surface area (Å²) in [7, 11) is 1.64. The van der Waals surface area contributed by atoms with Gasteiger partial charge in [-0.3, -0.25) is 14.6 Å². The molecule has 0 unspecified atom stereocenters. The fourth-order valence-electron chi connectivity index (χ4n) is 5.12. The molecule has 0 aliphatic carbocycles. The average Bonchev–Trinajstić information content (AvgIpc) is 3.14. The molecule has 0 saturated carbocycles. The van der Waals surface area contributed by atoms with E-state index in [1.807, 2.05) is 46.2 Å². The molecule has 2 aliphatic rings. The zero-order valence-electron chi connectivity index (χ0n) is 18.9. The number of methoxy groups -OCH3 is 1. The number of nitrogens with zero attached hydrogens (tertiary/aromatic N) is 3. The lowest BCUT2D eigenvalue weighted by molar-refractivity contribution is -0.134. The maximum Gasteiger partial charge on any atom is 0.227 e. The van der Waals surface area contributed by atoms with Crippen molar-refractivity contribution < 1.29 is 14.3 Å². The molecule has 6 nitrogen and oxygen atoms in total. The van der Waals surface area contributed by atoms with E-state index in [0.29, 0.717) is 25.3 Å². The molecule has 3 heterocycles. The lowest BCUT2D eigenvalue weighted by Crippen LogP contribution is -2.45. The topological polar surface area (TPSA) is 62.7 Å². The zero-order chi connectivity index (χ0) is 22.3. The van der Waals surface area contributed by atoms with Crippen molar-refractivity contribution in [3.05, 3.63) is 59.9 Å². The second kappa shape index (κ2) is 10.6. The Morgan fingerprint density at radius 2 is 1.88 bits per heavy atom. The molecule has 4 rings (SSSR count). The first-order valence-corrected chi connectivity index (χ1v) is 11.7. The molecule has 0 N–H and O–H groups in total. The minimum atomic E-state index is 0.129. The molecular weight excluding hydrogens is 402 g/mol. The molecule has 0 radical (unpaired) electrons. The van der Waals surface area contributed by atoms with E-state index >= 15 is 0 Å². The number of hydrogen-bond donors (Lipinski definition) is 0. The normalized spacial score (nSPS) is 20.5. The monoisotopic (exact) mass is 435 g/mol. The zero-order valence-corrected chi connectivity index (χ0v) is 18.9. The van der Waals surface area contributed by atoms with Crippen LogP contribution in [-0.2, 0) is 22.4 Å². The van der Waals surface area contributed by atoms with Crippen molar-refractivity contribution in [1.82, 2.24) is 14.8 Å². The van der Waals surface area contributed by atoms with E-state index in [9.17, 15) is 9.59 Å². The second-order valence-corrected chi connectivity index (χ2v) is 8.91. The van der Waals surface area contributed by atoms with Crippen molar-refractivity contribution in [1.29, 1.82) is 0 Å². The number of benzene rings is 1. The Morgan fingerprint density at radius 3 is 2.69 bits per heavy atom. The number of likely N-dealkylation sites (tertiary alicyclic amines) is 2. The highest BCUT2D eigenvalue weighted by Gasteiger charge is 2.41. The van der Waals surface area contributed by atoms with Gasteiger partial charge in [0.1, 0.15) is 5.75 Å². The van der Waals surface area contributed by atoms with Crippen LogP contribution in [0.3, 0.4) is 0 Å². The Kier molecular flexibility index (Phi) is 7.40. The largest absolute Gasteiger partial charge is 0.496 e. The van der Waals surface area contributed by atoms with Gasteiger partial charge in [0.15, 0.2) is 0 Å². The van der Waals surface area contributed by atoms with Gasteiger partial charge in [-0.1, -0.05) is 24.6 Å². The summed E-state index contributed by atoms with van der Waals surface area (Å²) in [4.78, 5) is 34.3. The minimum absolute atomic E-state index is 0.129. The summed E-state index contributed by atoms with van der Waals surface area (Å²) in [5.41, 5.74) is 2.13. The summed E-state index contributed by atoms with van der Waals surface area (Å²) in [6.45, 7) is 2.22. The van der Waals surface area contributed by atoms with E-state index in [-0.39, 0.29) is 17.9 Å². The van der Waals surface area contributed by atoms with Gasteiger partial charge in [0, 0.05) is 44.0 Å². The highest BCUT2D eigenvalue weighted by molar-refractivity contribution is 5.80. The maximum atomic E-state index is 13.3. The van der Waals surface area contributed by atoms with Crippen LogP contribution in [0, 0.1) is 5.92 Å². The van der Waals surface area contributed by atoms with E-state index in [4.69, 9.17) is 4.74 Å². The molecule has 0 spiro atoms. The highest BCUT2D eigenvalue weighted by atomic mass is 16.5. The van der Waals surface area contributed by atoms with Gasteiger partial charge in [0.25, 0.3) is 0 Å². The number of carbonyl (C=O) groups excluding carboxylic acids is 2. The number of carbonyl (C=O) groups is 2. The Labute approximate surface area is 190 Å². The van der Waals surface area contributed by atoms with Gasteiger partial charge in [0.05, 0.1) is 19.6 Å². The summed E-state index contributed by atoms with van der Waals surface area (Å²) in [6, 6.07) is 11.9. The van der Waals surface area contributed by atoms with Gasteiger partial charge in [-0.15, -0.1) is 0 Å². The van der Waals surface area contributed by atoms with Crippen LogP contribution < -0.4 is 4.74 Å². The number of para-hydroxylation sites is 1. The number of hydrogen-bond acceptors (Lipinski definition) is 4. The van der Waals surface area contributed by atoms with Crippen LogP contribution >= 0.6 is 0 Å². The van der Waals surface area contributed by atoms with E-state index in [2.05, 4.69) is 4.98 Å². The van der Waals surface area contributed by atoms with Crippen LogP contribution in [0.2, 0.25) is 0 Å². The Hall–Kier alpha value is -2.89. The van der Waals surface area contributed by atoms with Gasteiger partial charge in [-0.25, -0.2) is 0 Å². The summed E-state index contributed by atoms with van der Waals surface area (Å²) in [5.74, 6) is 1.48. The van der Waals surface area contributed by atoms with E-state index in [0.717, 1.165) is 56.5 Å². The van der Waals surface area contributed by atoms with Crippen molar-refractivity contribution in [2.75, 3.05) is 26.7 Å². The Morgan fingerprint density at radius 1 is 1.06 bits per heavy atom. The molecule has 1 aromatic carbocycles. The highest BCUT2D eigenvalue weighted by Crippen LogP contribution is 2.31. The molecular formula is C26H33N3O3. The molecule has 2 atom stereocenters. The van der Waals surface area contributed by atoms with Crippen LogP contribution in [0.4, 0.5) is 0 Å². The SMILES string of the molecule is COc1ccccc1CC(=O)N1CCCC[C@H]2CN(C(=O)CCCc3ccncc3)C[C@H]21. The number of pyridine rings is 1. The van der Waals surface area contributed by atoms with Gasteiger partial charge >= 0.3 is 0 Å². The van der Waals surface area contributed by atoms with E-state index < -0.39 is 0 Å². The average molecular weight is 436 g/mol. The van der Waals surface area contributed by atoms with Gasteiger partial charge in [-0.2, -0.15) is 0 Å². The van der Waals surface area contributed by atoms with Crippen molar-refractivity contribution in [2.24, 2.45) is 5.92 Å². The smallest absolute Gasteiger partial charge is 0.227 e. The van der Waals surface area contributed by atoms with Gasteiger partial charge in [0.2, 0.25) is 11.8 Å². The molecule has 170 valence electrons. The third-order valence-corrected chi connectivity index (χ3v) is 6.84. The Balaban J connectivity index is 1.36. The molecule has 6 heteroatoms. The molecule has 2 fully saturated rings. The van der Waals surface area contributed by atoms with Crippen LogP contribution in [0.5, 0.6) is 5.75 Å². The van der Waals surface area contributed by atoms with Crippen molar-refractivity contribution in [2.45, 2.75) is 51.0 Å². The molecule has 2 aliphatic heterocycles. The molecule has 2 aromatic rings. The lowest BCUT2D eigenvalue weighted by atomic mass is 9.98. The van der Waals surface area contributed by atoms with Gasteiger partial charge in [-0.05, 0) is 55.4 Å². The third kappa shape index (κ3) is 5.29. The molecule has 2 amide bonds. The third-order valence-electron chi connectivity index (χ3n) is 6.84. The summed E-state index contributed by atoms with van der Waals surface area (Å²) >= 11 is 0. The number of ether oxygens (including phenoxy) is 1. The van der Waals surface area contributed by atoms with E-state index in [1.165, 1.54) is 5.56 Å². The molecule has 2 saturated heterocycles. The first kappa shape index (κ1) is 22.3. The number of aromatic nitrogens is 1. The summed E-state index contributed by atoms with van der Waals surface area (Å²) < 4.78 is 5.44. The van der Waals surface area contributed by atoms with Crippen molar-refractivity contribution in [3.63, 3.8) is 0 Å². The standard InChI is InChI=1S/C26H33N3O3/c1-32-24-10-3-2-8-21(24)17-26(31)29-16-5-4-9-22-18-28(19-23(22)29)25(30)11-6-7-20-12-14-27-15-13-20/h2-3,8,10,12-15,22-23H,4-7,9,11,16-19H2,1H3/t22-,23+/m0/s1. The first-order chi connectivity index (χ1) is 15.7. The molecule has 32 heavy (non-hydrogen) atoms. The molecule has 1 aromatic heterocycles. The predicted octanol–water partition coefficient (Wildman–Crippen LogP) is 3.50. The fourth-order valence-corrected chi connectivity index (χ4v) is 5.12. The predicted molar refractivity (Wildman–Crippen MR) is 123 cm³/mol. The first-order valence-electron chi connectivity index (χ1n) is 11.7. The summed E-state index contributed by atoms with van der Waals surface area (Å²) in [6.07, 6.45) is 9.44. The Bertz CT molecular complexity index is 918. The van der Waals surface area contributed by atoms with Crippen LogP contribution in [0.1, 0.15) is 43.2 Å². The quantitative estimate of drug-likeness (QED) is 0.668. The number of rotatable bonds is 7. The minimum Gasteiger partial charge on any atom is -0.496 e. The van der Waals surface area contributed by atoms with Crippen LogP contribution in [-0.4, -0.2) is 59.4 Å². The van der Waals surface area contributed by atoms with Crippen molar-refractivity contribution in [3.8, 4) is 5.75 Å². The number of aryl methyl sites for hydroxylation is 1. The van der Waals surface area contributed by atoms with Crippen LogP contribution in [0.25, 0.3) is 0 Å². The van der Waals surface area contributed by atoms with E-state index in [1.54, 1.807) is 19.5 Å². The molecule has 0 bridgehead atoms. The lowest BCUT2D eigenvalue weighted by Gasteiger charge is -2.30. The van der Waals surface area contributed by atoms with Gasteiger partial charge < -0.3 is 14.5 Å². The number of fused-ring (bicyclic) bond motifs is 1. The summed E-state index contributed by atoms with van der Waals surface area (Å²) in [5, 5.41) is 0. The second-order valence-electron chi connectivity index (χ2n) is 8.91. The van der Waals surface area contributed by atoms with Crippen molar-refractivity contribution >= 4 is 11.8 Å². The maximum absolute atomic E-state index is 13.3. The fraction of sp³-hybridized carbons (Fsp3) is 0.500. The van der Waals surface area contributed by atoms with Crippen LogP contribution in [0.15, 0.2) is 48.8 Å². The number of amides is 2.